The van der Waals surface area contributed by atoms with Gasteiger partial charge >= 0.3 is 0 Å². The van der Waals surface area contributed by atoms with Crippen LogP contribution >= 0.6 is 15.9 Å². The Kier molecular flexibility index (Phi) is 3.71. The molecule has 0 fully saturated rings. The van der Waals surface area contributed by atoms with Gasteiger partial charge in [0.1, 0.15) is 11.5 Å². The van der Waals surface area contributed by atoms with Crippen molar-refractivity contribution in [3.05, 3.63) is 21.7 Å². The molecule has 82 valence electrons. The van der Waals surface area contributed by atoms with Gasteiger partial charge in [-0.1, -0.05) is 0 Å². The van der Waals surface area contributed by atoms with E-state index in [9.17, 15) is 9.90 Å². The van der Waals surface area contributed by atoms with Crippen LogP contribution in [-0.2, 0) is 0 Å². The summed E-state index contributed by atoms with van der Waals surface area (Å²) in [5.41, 5.74) is 5.96. The second-order valence-corrected chi connectivity index (χ2v) is 3.89. The van der Waals surface area contributed by atoms with Crippen molar-refractivity contribution in [3.8, 4) is 11.5 Å². The summed E-state index contributed by atoms with van der Waals surface area (Å²) < 4.78 is 5.70. The summed E-state index contributed by atoms with van der Waals surface area (Å²) >= 11 is 3.26. The quantitative estimate of drug-likeness (QED) is 0.821. The Morgan fingerprint density at radius 3 is 2.73 bits per heavy atom. The molecule has 5 heteroatoms. The van der Waals surface area contributed by atoms with Crippen molar-refractivity contribution in [1.29, 1.82) is 0 Å². The zero-order valence-electron chi connectivity index (χ0n) is 8.50. The van der Waals surface area contributed by atoms with Crippen LogP contribution < -0.4 is 10.5 Å². The molecule has 1 aromatic rings. The molecule has 0 unspecified atom stereocenters. The van der Waals surface area contributed by atoms with Gasteiger partial charge in [-0.3, -0.25) is 4.79 Å². The number of carbonyl (C=O) groups is 1. The second-order valence-electron chi connectivity index (χ2n) is 3.04. The van der Waals surface area contributed by atoms with E-state index >= 15 is 0 Å². The number of hydrogen-bond acceptors (Lipinski definition) is 4. The SMILES string of the molecule is COc1c(Br)cc(C(=O)CN)c(O)c1C. The number of aromatic hydroxyl groups is 1. The number of benzene rings is 1. The van der Waals surface area contributed by atoms with Crippen LogP contribution in [0.25, 0.3) is 0 Å². The minimum Gasteiger partial charge on any atom is -0.507 e. The Balaban J connectivity index is 3.40. The summed E-state index contributed by atoms with van der Waals surface area (Å²) in [7, 11) is 1.50. The molecular formula is C10H12BrNO3. The zero-order chi connectivity index (χ0) is 11.6. The van der Waals surface area contributed by atoms with Gasteiger partial charge in [-0.25, -0.2) is 0 Å². The highest BCUT2D eigenvalue weighted by molar-refractivity contribution is 9.10. The van der Waals surface area contributed by atoms with Crippen LogP contribution in [0.4, 0.5) is 0 Å². The summed E-state index contributed by atoms with van der Waals surface area (Å²) in [6.07, 6.45) is 0. The molecule has 0 saturated carbocycles. The summed E-state index contributed by atoms with van der Waals surface area (Å²) in [6, 6.07) is 1.51. The monoisotopic (exact) mass is 273 g/mol. The molecular weight excluding hydrogens is 262 g/mol. The number of phenols is 1. The summed E-state index contributed by atoms with van der Waals surface area (Å²) in [6.45, 7) is 1.54. The number of methoxy groups -OCH3 is 1. The molecule has 0 radical (unpaired) electrons. The Morgan fingerprint density at radius 1 is 1.67 bits per heavy atom. The summed E-state index contributed by atoms with van der Waals surface area (Å²) in [5.74, 6) is 0.130. The highest BCUT2D eigenvalue weighted by Gasteiger charge is 2.17. The average molecular weight is 274 g/mol. The number of Topliss-reactive ketones (excluding diaryl/α,β-unsaturated/α-hetero) is 1. The van der Waals surface area contributed by atoms with Gasteiger partial charge in [-0.15, -0.1) is 0 Å². The standard InChI is InChI=1S/C10H12BrNO3/c1-5-9(14)6(8(13)4-12)3-7(11)10(5)15-2/h3,14H,4,12H2,1-2H3. The lowest BCUT2D eigenvalue weighted by Gasteiger charge is -2.12. The number of ether oxygens (including phenoxy) is 1. The van der Waals surface area contributed by atoms with Crippen LogP contribution in [-0.4, -0.2) is 24.5 Å². The number of carbonyl (C=O) groups excluding carboxylic acids is 1. The maximum Gasteiger partial charge on any atom is 0.180 e. The van der Waals surface area contributed by atoms with Gasteiger partial charge < -0.3 is 15.6 Å². The number of nitrogens with two attached hydrogens (primary N) is 1. The third kappa shape index (κ3) is 2.13. The predicted octanol–water partition coefficient (Wildman–Crippen LogP) is 1.61. The topological polar surface area (TPSA) is 72.5 Å². The minimum absolute atomic E-state index is 0.0782. The van der Waals surface area contributed by atoms with E-state index in [1.54, 1.807) is 6.92 Å². The van der Waals surface area contributed by atoms with E-state index in [0.29, 0.717) is 15.8 Å². The number of rotatable bonds is 3. The van der Waals surface area contributed by atoms with Crippen molar-refractivity contribution in [2.24, 2.45) is 5.73 Å². The van der Waals surface area contributed by atoms with E-state index in [1.165, 1.54) is 13.2 Å². The molecule has 0 atom stereocenters. The molecule has 0 spiro atoms. The summed E-state index contributed by atoms with van der Waals surface area (Å²) in [4.78, 5) is 11.4. The molecule has 0 saturated heterocycles. The van der Waals surface area contributed by atoms with Gasteiger partial charge in [-0.2, -0.15) is 0 Å². The highest BCUT2D eigenvalue weighted by atomic mass is 79.9. The Hall–Kier alpha value is -1.07. The lowest BCUT2D eigenvalue weighted by atomic mass is 10.1. The van der Waals surface area contributed by atoms with Gasteiger partial charge in [0.15, 0.2) is 5.78 Å². The van der Waals surface area contributed by atoms with Crippen LogP contribution in [0.5, 0.6) is 11.5 Å². The fourth-order valence-corrected chi connectivity index (χ4v) is 2.01. The van der Waals surface area contributed by atoms with E-state index in [4.69, 9.17) is 10.5 Å². The second kappa shape index (κ2) is 4.63. The number of halogens is 1. The molecule has 0 aliphatic carbocycles. The molecule has 3 N–H and O–H groups in total. The number of hydrogen-bond donors (Lipinski definition) is 2. The molecule has 15 heavy (non-hydrogen) atoms. The first kappa shape index (κ1) is 12.0. The van der Waals surface area contributed by atoms with Gasteiger partial charge in [-0.05, 0) is 28.9 Å². The first-order chi connectivity index (χ1) is 7.02. The van der Waals surface area contributed by atoms with Crippen molar-refractivity contribution < 1.29 is 14.6 Å². The lowest BCUT2D eigenvalue weighted by molar-refractivity contribution is 0.0998. The van der Waals surface area contributed by atoms with Crippen LogP contribution in [0.3, 0.4) is 0 Å². The van der Waals surface area contributed by atoms with Crippen molar-refractivity contribution in [2.45, 2.75) is 6.92 Å². The maximum atomic E-state index is 11.4. The lowest BCUT2D eigenvalue weighted by Crippen LogP contribution is -2.14. The number of phenolic OH excluding ortho intramolecular Hbond substituents is 1. The number of ketones is 1. The van der Waals surface area contributed by atoms with Gasteiger partial charge in [0.25, 0.3) is 0 Å². The highest BCUT2D eigenvalue weighted by Crippen LogP contribution is 2.37. The largest absolute Gasteiger partial charge is 0.507 e. The van der Waals surface area contributed by atoms with Gasteiger partial charge in [0.2, 0.25) is 0 Å². The van der Waals surface area contributed by atoms with Gasteiger partial charge in [0, 0.05) is 5.56 Å². The van der Waals surface area contributed by atoms with E-state index in [1.807, 2.05) is 0 Å². The van der Waals surface area contributed by atoms with Crippen LogP contribution in [0.15, 0.2) is 10.5 Å². The fraction of sp³-hybridized carbons (Fsp3) is 0.300. The predicted molar refractivity (Wildman–Crippen MR) is 60.5 cm³/mol. The Labute approximate surface area is 96.2 Å². The van der Waals surface area contributed by atoms with Crippen molar-refractivity contribution in [3.63, 3.8) is 0 Å². The Morgan fingerprint density at radius 2 is 2.27 bits per heavy atom. The molecule has 0 amide bonds. The maximum absolute atomic E-state index is 11.4. The first-order valence-corrected chi connectivity index (χ1v) is 5.11. The third-order valence-electron chi connectivity index (χ3n) is 2.13. The molecule has 1 aromatic carbocycles. The molecule has 0 aromatic heterocycles. The summed E-state index contributed by atoms with van der Waals surface area (Å²) in [5, 5.41) is 9.76. The van der Waals surface area contributed by atoms with E-state index < -0.39 is 0 Å². The molecule has 4 nitrogen and oxygen atoms in total. The van der Waals surface area contributed by atoms with Gasteiger partial charge in [0.05, 0.1) is 23.7 Å². The van der Waals surface area contributed by atoms with Crippen LogP contribution in [0.1, 0.15) is 15.9 Å². The van der Waals surface area contributed by atoms with E-state index in [2.05, 4.69) is 15.9 Å². The molecule has 0 aliphatic heterocycles. The fourth-order valence-electron chi connectivity index (χ4n) is 1.32. The third-order valence-corrected chi connectivity index (χ3v) is 2.72. The van der Waals surface area contributed by atoms with E-state index in [-0.39, 0.29) is 23.6 Å². The van der Waals surface area contributed by atoms with E-state index in [0.717, 1.165) is 0 Å². The van der Waals surface area contributed by atoms with Crippen molar-refractivity contribution in [1.82, 2.24) is 0 Å². The zero-order valence-corrected chi connectivity index (χ0v) is 10.1. The smallest absolute Gasteiger partial charge is 0.180 e. The molecule has 0 heterocycles. The van der Waals surface area contributed by atoms with Crippen LogP contribution in [0, 0.1) is 6.92 Å². The average Bonchev–Trinajstić information content (AvgIpc) is 2.23. The van der Waals surface area contributed by atoms with Crippen molar-refractivity contribution in [2.75, 3.05) is 13.7 Å². The molecule has 0 bridgehead atoms. The Bertz CT molecular complexity index is 404. The molecule has 0 aliphatic rings. The van der Waals surface area contributed by atoms with Crippen molar-refractivity contribution >= 4 is 21.7 Å². The molecule has 1 rings (SSSR count). The van der Waals surface area contributed by atoms with Crippen LogP contribution in [0.2, 0.25) is 0 Å². The first-order valence-electron chi connectivity index (χ1n) is 4.32. The minimum atomic E-state index is -0.307. The normalized spacial score (nSPS) is 10.1.